The van der Waals surface area contributed by atoms with Crippen molar-refractivity contribution in [2.75, 3.05) is 20.7 Å². The number of imide groups is 1. The molecule has 6 N–H and O–H groups in total. The van der Waals surface area contributed by atoms with Gasteiger partial charge in [-0.3, -0.25) is 25.3 Å². The summed E-state index contributed by atoms with van der Waals surface area (Å²) in [5.74, 6) is 0.536. The van der Waals surface area contributed by atoms with Crippen molar-refractivity contribution < 1.29 is 14.3 Å². The molecular weight excluding hydrogens is 454 g/mol. The van der Waals surface area contributed by atoms with E-state index in [0.717, 1.165) is 41.6 Å². The molecule has 1 fully saturated rings. The minimum Gasteiger partial charge on any atom is -0.493 e. The SMILES string of the molecule is CCc1ccc(CCOc2ccc(CC3SC(=O)NC3=O)cc2)nc1.CN(C)C(=N)N=C(N)N. The summed E-state index contributed by atoms with van der Waals surface area (Å²) in [7, 11) is 3.38. The zero-order chi connectivity index (χ0) is 25.1. The average molecular weight is 486 g/mol. The highest BCUT2D eigenvalue weighted by Gasteiger charge is 2.31. The van der Waals surface area contributed by atoms with Gasteiger partial charge < -0.3 is 21.1 Å². The maximum Gasteiger partial charge on any atom is 0.286 e. The largest absolute Gasteiger partial charge is 0.493 e. The van der Waals surface area contributed by atoms with Crippen molar-refractivity contribution in [1.82, 2.24) is 15.2 Å². The third kappa shape index (κ3) is 9.10. The van der Waals surface area contributed by atoms with Crippen molar-refractivity contribution >= 4 is 34.8 Å². The molecule has 0 saturated carbocycles. The zero-order valence-corrected chi connectivity index (χ0v) is 20.4. The topological polar surface area (TPSA) is 160 Å². The van der Waals surface area contributed by atoms with E-state index in [1.54, 1.807) is 14.1 Å². The van der Waals surface area contributed by atoms with Crippen molar-refractivity contribution in [3.63, 3.8) is 0 Å². The Kier molecular flexibility index (Phi) is 10.3. The summed E-state index contributed by atoms with van der Waals surface area (Å²) in [6, 6.07) is 11.8. The molecule has 0 bridgehead atoms. The van der Waals surface area contributed by atoms with Gasteiger partial charge in [0, 0.05) is 32.4 Å². The molecule has 2 amide bonds. The van der Waals surface area contributed by atoms with Gasteiger partial charge in [0.2, 0.25) is 11.9 Å². The molecule has 0 radical (unpaired) electrons. The molecule has 1 atom stereocenters. The summed E-state index contributed by atoms with van der Waals surface area (Å²) < 4.78 is 5.75. The van der Waals surface area contributed by atoms with Crippen LogP contribution in [0.1, 0.15) is 23.7 Å². The van der Waals surface area contributed by atoms with Crippen LogP contribution in [0.2, 0.25) is 0 Å². The van der Waals surface area contributed by atoms with Crippen LogP contribution in [0.4, 0.5) is 4.79 Å². The Balaban J connectivity index is 0.000000387. The van der Waals surface area contributed by atoms with E-state index in [1.807, 2.05) is 36.5 Å². The zero-order valence-electron chi connectivity index (χ0n) is 19.6. The molecule has 1 saturated heterocycles. The number of thioether (sulfide) groups is 1. The molecule has 10 nitrogen and oxygen atoms in total. The van der Waals surface area contributed by atoms with Crippen molar-refractivity contribution in [2.45, 2.75) is 31.4 Å². The molecule has 2 heterocycles. The molecule has 1 aromatic heterocycles. The van der Waals surface area contributed by atoms with Gasteiger partial charge >= 0.3 is 0 Å². The third-order valence-electron chi connectivity index (χ3n) is 4.69. The van der Waals surface area contributed by atoms with Crippen molar-refractivity contribution in [3.8, 4) is 5.75 Å². The lowest BCUT2D eigenvalue weighted by Gasteiger charge is -2.09. The quantitative estimate of drug-likeness (QED) is 0.342. The number of aryl methyl sites for hydroxylation is 1. The number of aromatic nitrogens is 1. The third-order valence-corrected chi connectivity index (χ3v) is 5.67. The van der Waals surface area contributed by atoms with Crippen LogP contribution in [0.3, 0.4) is 0 Å². The maximum atomic E-state index is 11.6. The number of nitrogens with one attached hydrogen (secondary N) is 2. The number of rotatable bonds is 7. The lowest BCUT2D eigenvalue weighted by Crippen LogP contribution is -2.28. The van der Waals surface area contributed by atoms with Gasteiger partial charge in [-0.25, -0.2) is 0 Å². The molecule has 182 valence electrons. The predicted octanol–water partition coefficient (Wildman–Crippen LogP) is 1.92. The molecule has 0 spiro atoms. The molecule has 2 aromatic rings. The number of hydrogen-bond donors (Lipinski definition) is 4. The molecule has 1 unspecified atom stereocenters. The van der Waals surface area contributed by atoms with Crippen molar-refractivity contribution in [1.29, 1.82) is 5.41 Å². The van der Waals surface area contributed by atoms with Crippen LogP contribution in [0, 0.1) is 5.41 Å². The van der Waals surface area contributed by atoms with Gasteiger partial charge in [-0.1, -0.05) is 36.9 Å². The number of nitrogens with two attached hydrogens (primary N) is 2. The number of guanidine groups is 2. The Hall–Kier alpha value is -3.60. The number of benzene rings is 1. The van der Waals surface area contributed by atoms with Crippen LogP contribution in [0.25, 0.3) is 0 Å². The summed E-state index contributed by atoms with van der Waals surface area (Å²) >= 11 is 1.05. The first-order valence-corrected chi connectivity index (χ1v) is 11.6. The van der Waals surface area contributed by atoms with E-state index in [9.17, 15) is 9.59 Å². The first kappa shape index (κ1) is 26.7. The summed E-state index contributed by atoms with van der Waals surface area (Å²) in [6.45, 7) is 2.67. The minimum absolute atomic E-state index is 0.0509. The van der Waals surface area contributed by atoms with Crippen LogP contribution in [0.15, 0.2) is 47.6 Å². The Morgan fingerprint density at radius 1 is 1.18 bits per heavy atom. The van der Waals surface area contributed by atoms with Gasteiger partial charge in [0.1, 0.15) is 5.75 Å². The van der Waals surface area contributed by atoms with E-state index in [2.05, 4.69) is 28.3 Å². The highest BCUT2D eigenvalue weighted by molar-refractivity contribution is 8.15. The fourth-order valence-electron chi connectivity index (χ4n) is 2.77. The lowest BCUT2D eigenvalue weighted by atomic mass is 10.1. The second-order valence-electron chi connectivity index (χ2n) is 7.60. The molecule has 0 aliphatic carbocycles. The van der Waals surface area contributed by atoms with E-state index in [1.165, 1.54) is 10.5 Å². The van der Waals surface area contributed by atoms with E-state index in [0.29, 0.717) is 13.0 Å². The molecular formula is C23H31N7O3S. The normalized spacial score (nSPS) is 14.5. The Morgan fingerprint density at radius 3 is 2.32 bits per heavy atom. The number of carbonyl (C=O) groups excluding carboxylic acids is 2. The Labute approximate surface area is 203 Å². The standard InChI is InChI=1S/C19H20N2O3S.C4H11N5/c1-2-13-3-6-15(20-12-13)9-10-24-16-7-4-14(5-8-16)11-17-18(22)21-19(23)25-17;1-9(2)4(7)8-3(5)6/h3-8,12,17H,2,9-11H2,1H3,(H,21,22,23);1-2H3,(H5,5,6,7,8). The highest BCUT2D eigenvalue weighted by Crippen LogP contribution is 2.23. The van der Waals surface area contributed by atoms with Gasteiger partial charge in [0.05, 0.1) is 11.9 Å². The van der Waals surface area contributed by atoms with Crippen LogP contribution < -0.4 is 21.5 Å². The second kappa shape index (κ2) is 13.2. The van der Waals surface area contributed by atoms with Gasteiger partial charge in [0.15, 0.2) is 5.96 Å². The Morgan fingerprint density at radius 2 is 1.85 bits per heavy atom. The van der Waals surface area contributed by atoms with E-state index in [4.69, 9.17) is 21.6 Å². The highest BCUT2D eigenvalue weighted by atomic mass is 32.2. The fraction of sp³-hybridized carbons (Fsp3) is 0.348. The molecule has 1 aliphatic heterocycles. The number of aliphatic imine (C=N–C) groups is 1. The molecule has 1 aliphatic rings. The number of amides is 2. The van der Waals surface area contributed by atoms with Crippen molar-refractivity contribution in [3.05, 3.63) is 59.4 Å². The second-order valence-corrected chi connectivity index (χ2v) is 8.77. The van der Waals surface area contributed by atoms with Crippen LogP contribution in [-0.2, 0) is 24.1 Å². The van der Waals surface area contributed by atoms with Gasteiger partial charge in [-0.2, -0.15) is 4.99 Å². The van der Waals surface area contributed by atoms with Gasteiger partial charge in [-0.15, -0.1) is 0 Å². The smallest absolute Gasteiger partial charge is 0.286 e. The average Bonchev–Trinajstić information content (AvgIpc) is 3.11. The Bertz CT molecular complexity index is 1000. The van der Waals surface area contributed by atoms with E-state index < -0.39 is 0 Å². The minimum atomic E-state index is -0.337. The first-order valence-electron chi connectivity index (χ1n) is 10.7. The maximum absolute atomic E-state index is 11.6. The summed E-state index contributed by atoms with van der Waals surface area (Å²) in [4.78, 5) is 32.1. The van der Waals surface area contributed by atoms with Gasteiger partial charge in [-0.05, 0) is 42.2 Å². The van der Waals surface area contributed by atoms with E-state index >= 15 is 0 Å². The number of ether oxygens (including phenoxy) is 1. The molecule has 11 heteroatoms. The number of hydrogen-bond acceptors (Lipinski definition) is 6. The summed E-state index contributed by atoms with van der Waals surface area (Å²) in [5, 5.41) is 8.75. The predicted molar refractivity (Wildman–Crippen MR) is 135 cm³/mol. The summed E-state index contributed by atoms with van der Waals surface area (Å²) in [5.41, 5.74) is 13.2. The summed E-state index contributed by atoms with van der Waals surface area (Å²) in [6.07, 6.45) is 4.19. The number of nitrogens with zero attached hydrogens (tertiary/aromatic N) is 3. The lowest BCUT2D eigenvalue weighted by molar-refractivity contribution is -0.118. The first-order chi connectivity index (χ1) is 16.2. The van der Waals surface area contributed by atoms with Crippen LogP contribution in [0.5, 0.6) is 5.75 Å². The van der Waals surface area contributed by atoms with Gasteiger partial charge in [0.25, 0.3) is 5.24 Å². The number of pyridine rings is 1. The molecule has 1 aromatic carbocycles. The molecule has 34 heavy (non-hydrogen) atoms. The van der Waals surface area contributed by atoms with Crippen molar-refractivity contribution in [2.24, 2.45) is 16.5 Å². The van der Waals surface area contributed by atoms with Crippen LogP contribution in [-0.4, -0.2) is 58.9 Å². The van der Waals surface area contributed by atoms with E-state index in [-0.39, 0.29) is 28.3 Å². The number of carbonyl (C=O) groups is 2. The fourth-order valence-corrected chi connectivity index (χ4v) is 3.63. The monoisotopic (exact) mass is 485 g/mol. The molecule has 3 rings (SSSR count). The van der Waals surface area contributed by atoms with Crippen LogP contribution >= 0.6 is 11.8 Å².